The lowest BCUT2D eigenvalue weighted by Gasteiger charge is -2.36. The van der Waals surface area contributed by atoms with Crippen LogP contribution in [0.15, 0.2) is 24.3 Å². The van der Waals surface area contributed by atoms with E-state index in [1.54, 1.807) is 0 Å². The predicted molar refractivity (Wildman–Crippen MR) is 44.7 cm³/mol. The molecule has 0 amide bonds. The molecule has 0 bridgehead atoms. The summed E-state index contributed by atoms with van der Waals surface area (Å²) in [5.74, 6) is 0. The van der Waals surface area contributed by atoms with Crippen LogP contribution in [-0.4, -0.2) is 22.4 Å². The van der Waals surface area contributed by atoms with Gasteiger partial charge in [0.2, 0.25) is 0 Å². The normalized spacial score (nSPS) is 54.6. The van der Waals surface area contributed by atoms with Gasteiger partial charge < -0.3 is 9.84 Å². The fraction of sp³-hybridized carbons (Fsp3) is 0.600. The molecular weight excluding hydrogens is 152 g/mol. The Bertz CT molecular complexity index is 269. The molecule has 0 aromatic rings. The molecule has 2 aliphatic carbocycles. The van der Waals surface area contributed by atoms with Crippen molar-refractivity contribution in [3.63, 3.8) is 0 Å². The first-order valence-corrected chi connectivity index (χ1v) is 4.49. The fourth-order valence-corrected chi connectivity index (χ4v) is 2.47. The van der Waals surface area contributed by atoms with Crippen molar-refractivity contribution in [1.82, 2.24) is 0 Å². The lowest BCUT2D eigenvalue weighted by Crippen LogP contribution is -2.48. The highest BCUT2D eigenvalue weighted by Crippen LogP contribution is 2.56. The van der Waals surface area contributed by atoms with E-state index in [2.05, 4.69) is 18.2 Å². The van der Waals surface area contributed by atoms with E-state index in [9.17, 15) is 5.11 Å². The maximum Gasteiger partial charge on any atom is 0.131 e. The van der Waals surface area contributed by atoms with Crippen LogP contribution >= 0.6 is 0 Å². The van der Waals surface area contributed by atoms with Crippen LogP contribution in [0.3, 0.4) is 0 Å². The van der Waals surface area contributed by atoms with Crippen molar-refractivity contribution in [2.24, 2.45) is 0 Å². The predicted octanol–water partition coefficient (Wildman–Crippen LogP) is 1.16. The summed E-state index contributed by atoms with van der Waals surface area (Å²) in [5.41, 5.74) is -0.850. The van der Waals surface area contributed by atoms with Gasteiger partial charge in [-0.3, -0.25) is 0 Å². The van der Waals surface area contributed by atoms with Gasteiger partial charge in [0.15, 0.2) is 0 Å². The summed E-state index contributed by atoms with van der Waals surface area (Å²) in [5, 5.41) is 10.3. The largest absolute Gasteiger partial charge is 0.386 e. The lowest BCUT2D eigenvalue weighted by molar-refractivity contribution is -0.0375. The van der Waals surface area contributed by atoms with Crippen LogP contribution in [-0.2, 0) is 4.74 Å². The van der Waals surface area contributed by atoms with Crippen LogP contribution in [0.1, 0.15) is 19.3 Å². The molecule has 3 aliphatic rings. The second-order valence-electron chi connectivity index (χ2n) is 3.97. The molecule has 1 N–H and O–H groups in total. The number of hydrogen-bond donors (Lipinski definition) is 1. The van der Waals surface area contributed by atoms with Crippen LogP contribution in [0.25, 0.3) is 0 Å². The third kappa shape index (κ3) is 0.595. The third-order valence-corrected chi connectivity index (χ3v) is 3.34. The molecule has 3 rings (SSSR count). The smallest absolute Gasteiger partial charge is 0.131 e. The minimum atomic E-state index is -0.610. The maximum absolute atomic E-state index is 10.3. The molecule has 2 nitrogen and oxygen atoms in total. The molecule has 2 heteroatoms. The van der Waals surface area contributed by atoms with Gasteiger partial charge in [0.1, 0.15) is 17.3 Å². The van der Waals surface area contributed by atoms with Crippen molar-refractivity contribution in [1.29, 1.82) is 0 Å². The van der Waals surface area contributed by atoms with Crippen molar-refractivity contribution < 1.29 is 9.84 Å². The van der Waals surface area contributed by atoms with Gasteiger partial charge in [0, 0.05) is 6.42 Å². The number of hydrogen-bond acceptors (Lipinski definition) is 2. The van der Waals surface area contributed by atoms with Gasteiger partial charge in [-0.2, -0.15) is 0 Å². The van der Waals surface area contributed by atoms with E-state index in [4.69, 9.17) is 4.74 Å². The van der Waals surface area contributed by atoms with E-state index in [0.29, 0.717) is 0 Å². The minimum absolute atomic E-state index is 0.182. The number of rotatable bonds is 0. The molecule has 1 fully saturated rings. The Kier molecular flexibility index (Phi) is 1.05. The minimum Gasteiger partial charge on any atom is -0.386 e. The molecule has 3 atom stereocenters. The van der Waals surface area contributed by atoms with Crippen molar-refractivity contribution in [2.75, 3.05) is 0 Å². The Morgan fingerprint density at radius 2 is 1.92 bits per heavy atom. The van der Waals surface area contributed by atoms with E-state index < -0.39 is 5.60 Å². The highest BCUT2D eigenvalue weighted by Gasteiger charge is 2.68. The zero-order valence-electron chi connectivity index (χ0n) is 6.86. The SMILES string of the molecule is O[C@@]12CC=CC[C@]13O[C@@H]3C=CC2. The van der Waals surface area contributed by atoms with Gasteiger partial charge in [-0.1, -0.05) is 24.3 Å². The highest BCUT2D eigenvalue weighted by molar-refractivity contribution is 5.31. The lowest BCUT2D eigenvalue weighted by atomic mass is 9.72. The van der Waals surface area contributed by atoms with Gasteiger partial charge >= 0.3 is 0 Å². The molecule has 12 heavy (non-hydrogen) atoms. The number of epoxide rings is 1. The first-order valence-electron chi connectivity index (χ1n) is 4.49. The highest BCUT2D eigenvalue weighted by atomic mass is 16.6. The van der Waals surface area contributed by atoms with Gasteiger partial charge in [0.25, 0.3) is 0 Å². The molecule has 0 saturated carbocycles. The summed E-state index contributed by atoms with van der Waals surface area (Å²) >= 11 is 0. The zero-order valence-corrected chi connectivity index (χ0v) is 6.86. The molecule has 64 valence electrons. The fourth-order valence-electron chi connectivity index (χ4n) is 2.47. The first-order chi connectivity index (χ1) is 5.77. The summed E-state index contributed by atoms with van der Waals surface area (Å²) in [7, 11) is 0. The van der Waals surface area contributed by atoms with E-state index in [0.717, 1.165) is 19.3 Å². The molecule has 1 spiro atoms. The molecule has 1 aliphatic heterocycles. The summed E-state index contributed by atoms with van der Waals surface area (Å²) in [6.07, 6.45) is 10.8. The third-order valence-electron chi connectivity index (χ3n) is 3.34. The number of ether oxygens (including phenoxy) is 1. The standard InChI is InChI=1S/C10H12O2/c11-9-5-1-2-7-10(9)8(12-10)4-3-6-9/h1-4,8,11H,5-7H2/t8-,9-,10-/m1/s1. The zero-order chi connectivity index (χ0) is 8.23. The first kappa shape index (κ1) is 6.87. The molecule has 1 saturated heterocycles. The number of aliphatic hydroxyl groups is 1. The van der Waals surface area contributed by atoms with E-state index >= 15 is 0 Å². The van der Waals surface area contributed by atoms with E-state index in [-0.39, 0.29) is 11.7 Å². The summed E-state index contributed by atoms with van der Waals surface area (Å²) in [6, 6.07) is 0. The molecule has 1 heterocycles. The molecular formula is C10H12O2. The van der Waals surface area contributed by atoms with Gasteiger partial charge in [-0.25, -0.2) is 0 Å². The van der Waals surface area contributed by atoms with Crippen LogP contribution in [0.4, 0.5) is 0 Å². The Balaban J connectivity index is 2.06. The Labute approximate surface area is 71.5 Å². The Hall–Kier alpha value is -0.600. The Morgan fingerprint density at radius 1 is 1.17 bits per heavy atom. The van der Waals surface area contributed by atoms with Gasteiger partial charge in [-0.05, 0) is 12.8 Å². The second-order valence-corrected chi connectivity index (χ2v) is 3.97. The van der Waals surface area contributed by atoms with Gasteiger partial charge in [0.05, 0.1) is 0 Å². The van der Waals surface area contributed by atoms with Gasteiger partial charge in [-0.15, -0.1) is 0 Å². The molecule has 0 aromatic heterocycles. The quantitative estimate of drug-likeness (QED) is 0.430. The monoisotopic (exact) mass is 164 g/mol. The summed E-state index contributed by atoms with van der Waals surface area (Å²) < 4.78 is 5.58. The average Bonchev–Trinajstić information content (AvgIpc) is 2.76. The molecule has 0 radical (unpaired) electrons. The molecule has 0 aromatic carbocycles. The average molecular weight is 164 g/mol. The maximum atomic E-state index is 10.3. The summed E-state index contributed by atoms with van der Waals surface area (Å²) in [6.45, 7) is 0. The van der Waals surface area contributed by atoms with Crippen molar-refractivity contribution in [2.45, 2.75) is 36.6 Å². The van der Waals surface area contributed by atoms with Crippen molar-refractivity contribution in [3.8, 4) is 0 Å². The van der Waals surface area contributed by atoms with Crippen LogP contribution < -0.4 is 0 Å². The summed E-state index contributed by atoms with van der Waals surface area (Å²) in [4.78, 5) is 0. The Morgan fingerprint density at radius 3 is 2.75 bits per heavy atom. The van der Waals surface area contributed by atoms with Crippen molar-refractivity contribution >= 4 is 0 Å². The van der Waals surface area contributed by atoms with Crippen LogP contribution in [0.5, 0.6) is 0 Å². The van der Waals surface area contributed by atoms with E-state index in [1.807, 2.05) is 6.08 Å². The van der Waals surface area contributed by atoms with Crippen molar-refractivity contribution in [3.05, 3.63) is 24.3 Å². The van der Waals surface area contributed by atoms with Crippen LogP contribution in [0.2, 0.25) is 0 Å². The second kappa shape index (κ2) is 1.83. The van der Waals surface area contributed by atoms with Crippen LogP contribution in [0, 0.1) is 0 Å². The van der Waals surface area contributed by atoms with E-state index in [1.165, 1.54) is 0 Å². The topological polar surface area (TPSA) is 32.8 Å². The molecule has 0 unspecified atom stereocenters.